The molecule has 1 aliphatic heterocycles. The molecule has 0 bridgehead atoms. The molecule has 1 unspecified atom stereocenters. The molecule has 1 aliphatic rings. The molecule has 1 aromatic carbocycles. The Balaban J connectivity index is 1.92. The van der Waals surface area contributed by atoms with Crippen molar-refractivity contribution in [3.63, 3.8) is 0 Å². The number of nitrogens with two attached hydrogens (primary N) is 1. The number of pyridine rings is 1. The van der Waals surface area contributed by atoms with Gasteiger partial charge in [0.2, 0.25) is 5.43 Å². The Labute approximate surface area is 158 Å². The lowest BCUT2D eigenvalue weighted by Crippen LogP contribution is -2.51. The van der Waals surface area contributed by atoms with Crippen molar-refractivity contribution in [1.82, 2.24) is 9.88 Å². The Morgan fingerprint density at radius 3 is 2.68 bits per heavy atom. The van der Waals surface area contributed by atoms with Crippen LogP contribution in [0.3, 0.4) is 0 Å². The first-order chi connectivity index (χ1) is 13.0. The molecular weight excluding hydrogens is 372 g/mol. The van der Waals surface area contributed by atoms with Crippen molar-refractivity contribution in [2.24, 2.45) is 11.1 Å². The van der Waals surface area contributed by atoms with E-state index >= 15 is 0 Å². The number of carbonyl (C=O) groups is 2. The van der Waals surface area contributed by atoms with E-state index in [1.807, 2.05) is 0 Å². The molecule has 28 heavy (non-hydrogen) atoms. The summed E-state index contributed by atoms with van der Waals surface area (Å²) in [6.45, 7) is 3.06. The minimum Gasteiger partial charge on any atom is -0.503 e. The first kappa shape index (κ1) is 19.7. The third kappa shape index (κ3) is 3.18. The summed E-state index contributed by atoms with van der Waals surface area (Å²) in [5, 5.41) is 12.6. The normalized spacial score (nSPS) is 17.9. The molecule has 2 heterocycles. The number of rotatable bonds is 3. The summed E-state index contributed by atoms with van der Waals surface area (Å²) < 4.78 is 27.9. The van der Waals surface area contributed by atoms with E-state index in [0.717, 1.165) is 12.3 Å². The molecule has 3 rings (SSSR count). The average molecular weight is 391 g/mol. The molecule has 0 spiro atoms. The fourth-order valence-corrected chi connectivity index (χ4v) is 3.04. The molecule has 0 saturated carbocycles. The number of ketones is 1. The number of fused-ring (bicyclic) bond motifs is 1. The van der Waals surface area contributed by atoms with Gasteiger partial charge in [-0.2, -0.15) is 0 Å². The molecule has 1 amide bonds. The molecule has 7 nitrogen and oxygen atoms in total. The predicted molar refractivity (Wildman–Crippen MR) is 96.0 cm³/mol. The smallest absolute Gasteiger partial charge is 0.257 e. The number of aromatic hydroxyl groups is 1. The van der Waals surface area contributed by atoms with Crippen LogP contribution in [0.15, 0.2) is 29.2 Å². The zero-order valence-electron chi connectivity index (χ0n) is 15.3. The second-order valence-corrected chi connectivity index (χ2v) is 7.30. The molecular formula is C19H19F2N3O4. The van der Waals surface area contributed by atoms with Crippen LogP contribution in [-0.4, -0.2) is 27.4 Å². The van der Waals surface area contributed by atoms with Gasteiger partial charge in [0.25, 0.3) is 5.91 Å². The Hall–Kier alpha value is -3.07. The molecule has 0 radical (unpaired) electrons. The highest BCUT2D eigenvalue weighted by atomic mass is 19.1. The van der Waals surface area contributed by atoms with Crippen LogP contribution < -0.4 is 16.5 Å². The van der Waals surface area contributed by atoms with Gasteiger partial charge in [0.05, 0.1) is 0 Å². The summed E-state index contributed by atoms with van der Waals surface area (Å²) in [4.78, 5) is 37.4. The average Bonchev–Trinajstić information content (AvgIpc) is 2.62. The van der Waals surface area contributed by atoms with Crippen molar-refractivity contribution in [2.75, 3.05) is 0 Å². The summed E-state index contributed by atoms with van der Waals surface area (Å²) >= 11 is 0. The number of amides is 1. The van der Waals surface area contributed by atoms with E-state index in [0.29, 0.717) is 6.07 Å². The Kier molecular flexibility index (Phi) is 4.80. The van der Waals surface area contributed by atoms with Gasteiger partial charge in [0.15, 0.2) is 11.5 Å². The van der Waals surface area contributed by atoms with Gasteiger partial charge in [0, 0.05) is 42.4 Å². The first-order valence-corrected chi connectivity index (χ1v) is 8.53. The molecule has 9 heteroatoms. The first-order valence-electron chi connectivity index (χ1n) is 8.53. The summed E-state index contributed by atoms with van der Waals surface area (Å²) in [5.41, 5.74) is 3.45. The fraction of sp³-hybridized carbons (Fsp3) is 0.316. The van der Waals surface area contributed by atoms with Crippen LogP contribution in [0.2, 0.25) is 0 Å². The highest BCUT2D eigenvalue weighted by Gasteiger charge is 2.43. The zero-order chi connectivity index (χ0) is 20.8. The molecule has 0 fully saturated rings. The van der Waals surface area contributed by atoms with Crippen molar-refractivity contribution in [3.8, 4) is 5.75 Å². The van der Waals surface area contributed by atoms with E-state index in [1.54, 1.807) is 13.8 Å². The fourth-order valence-electron chi connectivity index (χ4n) is 3.04. The molecule has 4 N–H and O–H groups in total. The molecule has 148 valence electrons. The van der Waals surface area contributed by atoms with Gasteiger partial charge < -0.3 is 20.7 Å². The third-order valence-corrected chi connectivity index (χ3v) is 5.08. The van der Waals surface area contributed by atoms with Gasteiger partial charge in [-0.3, -0.25) is 14.4 Å². The van der Waals surface area contributed by atoms with Crippen LogP contribution in [0.4, 0.5) is 8.78 Å². The number of Topliss-reactive ketones (excluding diaryl/α,β-unsaturated/α-hetero) is 1. The molecule has 1 atom stereocenters. The number of nitrogens with one attached hydrogen (secondary N) is 1. The van der Waals surface area contributed by atoms with Crippen molar-refractivity contribution in [1.29, 1.82) is 0 Å². The van der Waals surface area contributed by atoms with Gasteiger partial charge in [-0.25, -0.2) is 8.78 Å². The van der Waals surface area contributed by atoms with E-state index in [1.165, 1.54) is 10.6 Å². The molecule has 0 aliphatic carbocycles. The summed E-state index contributed by atoms with van der Waals surface area (Å²) in [7, 11) is 0. The summed E-state index contributed by atoms with van der Waals surface area (Å²) in [5.74, 6) is -3.80. The van der Waals surface area contributed by atoms with Crippen LogP contribution in [0.1, 0.15) is 40.3 Å². The third-order valence-electron chi connectivity index (χ3n) is 5.08. The van der Waals surface area contributed by atoms with E-state index < -0.39 is 51.5 Å². The predicted octanol–water partition coefficient (Wildman–Crippen LogP) is 1.31. The molecule has 2 aromatic rings. The Bertz CT molecular complexity index is 1050. The lowest BCUT2D eigenvalue weighted by molar-refractivity contribution is 0.0733. The van der Waals surface area contributed by atoms with Crippen molar-refractivity contribution >= 4 is 11.7 Å². The van der Waals surface area contributed by atoms with Crippen molar-refractivity contribution in [3.05, 3.63) is 63.1 Å². The maximum Gasteiger partial charge on any atom is 0.257 e. The van der Waals surface area contributed by atoms with Crippen molar-refractivity contribution in [2.45, 2.75) is 33.0 Å². The summed E-state index contributed by atoms with van der Waals surface area (Å²) in [6, 6.07) is 2.30. The highest BCUT2D eigenvalue weighted by molar-refractivity contribution is 6.03. The van der Waals surface area contributed by atoms with Crippen LogP contribution in [-0.2, 0) is 13.1 Å². The zero-order valence-corrected chi connectivity index (χ0v) is 15.3. The number of nitrogens with zero attached hydrogens (tertiary/aromatic N) is 1. The van der Waals surface area contributed by atoms with Crippen LogP contribution >= 0.6 is 0 Å². The summed E-state index contributed by atoms with van der Waals surface area (Å²) in [6.07, 6.45) is 1.15. The van der Waals surface area contributed by atoms with E-state index in [9.17, 15) is 28.3 Å². The maximum absolute atomic E-state index is 13.7. The monoisotopic (exact) mass is 391 g/mol. The molecule has 0 saturated heterocycles. The lowest BCUT2D eigenvalue weighted by atomic mass is 9.76. The number of hydrogen-bond donors (Lipinski definition) is 3. The van der Waals surface area contributed by atoms with Gasteiger partial charge in [-0.05, 0) is 6.07 Å². The maximum atomic E-state index is 13.7. The van der Waals surface area contributed by atoms with Crippen LogP contribution in [0.5, 0.6) is 5.75 Å². The van der Waals surface area contributed by atoms with Gasteiger partial charge in [0.1, 0.15) is 22.9 Å². The minimum absolute atomic E-state index is 0.0241. The second-order valence-electron chi connectivity index (χ2n) is 7.30. The number of hydrogen-bond acceptors (Lipinski definition) is 5. The van der Waals surface area contributed by atoms with E-state index in [2.05, 4.69) is 5.32 Å². The van der Waals surface area contributed by atoms with Gasteiger partial charge in [-0.15, -0.1) is 0 Å². The Morgan fingerprint density at radius 1 is 1.36 bits per heavy atom. The van der Waals surface area contributed by atoms with Gasteiger partial charge >= 0.3 is 0 Å². The van der Waals surface area contributed by atoms with Gasteiger partial charge in [-0.1, -0.05) is 19.9 Å². The standard InChI is InChI=1S/C19H19F2N3O4/c1-19(2)13(22)8-24-7-11(15(25)16(26)14(24)17(19)27)18(28)23-6-9-3-4-10(20)5-12(9)21/h3-5,7,13,26H,6,8,22H2,1-2H3,(H,23,28). The highest BCUT2D eigenvalue weighted by Crippen LogP contribution is 2.33. The van der Waals surface area contributed by atoms with Crippen molar-refractivity contribution < 1.29 is 23.5 Å². The molecule has 1 aromatic heterocycles. The van der Waals surface area contributed by atoms with Crippen LogP contribution in [0.25, 0.3) is 0 Å². The number of aromatic nitrogens is 1. The van der Waals surface area contributed by atoms with E-state index in [4.69, 9.17) is 5.73 Å². The topological polar surface area (TPSA) is 114 Å². The Morgan fingerprint density at radius 2 is 2.04 bits per heavy atom. The number of carbonyl (C=O) groups excluding carboxylic acids is 2. The number of halogens is 2. The largest absolute Gasteiger partial charge is 0.503 e. The van der Waals surface area contributed by atoms with E-state index in [-0.39, 0.29) is 24.3 Å². The lowest BCUT2D eigenvalue weighted by Gasteiger charge is -2.37. The van der Waals surface area contributed by atoms with Crippen LogP contribution in [0, 0.1) is 17.0 Å². The second kappa shape index (κ2) is 6.83. The minimum atomic E-state index is -1.01. The SMILES string of the molecule is CC1(C)C(=O)c2c(O)c(=O)c(C(=O)NCc3ccc(F)cc3F)cn2CC1N. The number of benzene rings is 1. The quantitative estimate of drug-likeness (QED) is 0.730.